The summed E-state index contributed by atoms with van der Waals surface area (Å²) >= 11 is 0. The fourth-order valence-electron chi connectivity index (χ4n) is 3.22. The van der Waals surface area contributed by atoms with E-state index in [1.165, 1.54) is 51.4 Å². The highest BCUT2D eigenvalue weighted by Gasteiger charge is 2.20. The summed E-state index contributed by atoms with van der Waals surface area (Å²) in [5, 5.41) is 0. The van der Waals surface area contributed by atoms with Crippen molar-refractivity contribution in [3.05, 3.63) is 0 Å². The summed E-state index contributed by atoms with van der Waals surface area (Å²) in [6.45, 7) is 1.95. The first-order valence-corrected chi connectivity index (χ1v) is 7.27. The Balaban J connectivity index is 1.68. The summed E-state index contributed by atoms with van der Waals surface area (Å²) in [6, 6.07) is 0.804. The molecule has 0 spiro atoms. The molecule has 0 aliphatic heterocycles. The molecule has 2 rings (SSSR count). The van der Waals surface area contributed by atoms with E-state index in [2.05, 4.69) is 16.9 Å². The predicted octanol–water partition coefficient (Wildman–Crippen LogP) is 2.41. The van der Waals surface area contributed by atoms with Gasteiger partial charge in [0.25, 0.3) is 0 Å². The van der Waals surface area contributed by atoms with Crippen molar-refractivity contribution in [1.82, 2.24) is 4.90 Å². The van der Waals surface area contributed by atoms with Crippen LogP contribution in [0.4, 0.5) is 0 Å². The molecule has 0 aromatic rings. The van der Waals surface area contributed by atoms with Gasteiger partial charge in [-0.15, -0.1) is 0 Å². The van der Waals surface area contributed by atoms with Crippen LogP contribution in [0.1, 0.15) is 51.4 Å². The van der Waals surface area contributed by atoms with Crippen LogP contribution in [0.2, 0.25) is 0 Å². The number of hydrogen-bond donors (Lipinski definition) is 1. The normalized spacial score (nSPS) is 24.0. The molecule has 98 valence electrons. The lowest BCUT2D eigenvalue weighted by molar-refractivity contribution is 0.252. The van der Waals surface area contributed by atoms with Gasteiger partial charge in [0, 0.05) is 18.5 Å². The first-order chi connectivity index (χ1) is 8.27. The van der Waals surface area contributed by atoms with Crippen LogP contribution in [-0.4, -0.2) is 36.9 Å². The predicted molar refractivity (Wildman–Crippen MR) is 73.3 cm³/mol. The van der Waals surface area contributed by atoms with Crippen molar-refractivity contribution in [3.63, 3.8) is 0 Å². The van der Waals surface area contributed by atoms with Gasteiger partial charge in [0.15, 0.2) is 0 Å². The standard InChI is InChI=1S/C14H27N3/c1-17(13-8-4-5-9-13)11-10-16-14(15)12-6-2-3-7-12/h12-13H,2-11H2,1H3,(H2,15,16). The topological polar surface area (TPSA) is 41.6 Å². The number of likely N-dealkylation sites (N-methyl/N-ethyl adjacent to an activating group) is 1. The molecule has 2 saturated carbocycles. The Morgan fingerprint density at radius 1 is 1.12 bits per heavy atom. The lowest BCUT2D eigenvalue weighted by atomic mass is 10.1. The molecule has 0 aromatic heterocycles. The van der Waals surface area contributed by atoms with Gasteiger partial charge in [-0.2, -0.15) is 0 Å². The number of rotatable bonds is 5. The molecule has 0 radical (unpaired) electrons. The fraction of sp³-hybridized carbons (Fsp3) is 0.929. The molecule has 2 N–H and O–H groups in total. The van der Waals surface area contributed by atoms with Crippen LogP contribution in [0.25, 0.3) is 0 Å². The lowest BCUT2D eigenvalue weighted by Crippen LogP contribution is -2.32. The van der Waals surface area contributed by atoms with Crippen molar-refractivity contribution in [3.8, 4) is 0 Å². The van der Waals surface area contributed by atoms with E-state index in [9.17, 15) is 0 Å². The molecule has 2 fully saturated rings. The maximum Gasteiger partial charge on any atom is 0.0968 e. The Kier molecular flexibility index (Phi) is 4.84. The van der Waals surface area contributed by atoms with E-state index < -0.39 is 0 Å². The Hall–Kier alpha value is -0.570. The van der Waals surface area contributed by atoms with E-state index in [1.807, 2.05) is 0 Å². The SMILES string of the molecule is CN(CCN=C(N)C1CCCC1)C1CCCC1. The molecule has 0 saturated heterocycles. The van der Waals surface area contributed by atoms with E-state index in [0.717, 1.165) is 25.0 Å². The second-order valence-electron chi connectivity index (χ2n) is 5.71. The van der Waals surface area contributed by atoms with Gasteiger partial charge in [-0.3, -0.25) is 4.99 Å². The molecular weight excluding hydrogens is 210 g/mol. The number of amidine groups is 1. The molecule has 0 aromatic carbocycles. The van der Waals surface area contributed by atoms with E-state index >= 15 is 0 Å². The van der Waals surface area contributed by atoms with Gasteiger partial charge in [0.2, 0.25) is 0 Å². The van der Waals surface area contributed by atoms with Crippen LogP contribution in [-0.2, 0) is 0 Å². The van der Waals surface area contributed by atoms with Gasteiger partial charge in [0.1, 0.15) is 0 Å². The van der Waals surface area contributed by atoms with E-state index in [0.29, 0.717) is 5.92 Å². The molecule has 0 atom stereocenters. The molecule has 0 bridgehead atoms. The van der Waals surface area contributed by atoms with Crippen molar-refractivity contribution < 1.29 is 0 Å². The minimum absolute atomic E-state index is 0.590. The summed E-state index contributed by atoms with van der Waals surface area (Å²) in [6.07, 6.45) is 10.7. The number of hydrogen-bond acceptors (Lipinski definition) is 2. The van der Waals surface area contributed by atoms with Crippen LogP contribution in [0.5, 0.6) is 0 Å². The fourth-order valence-corrected chi connectivity index (χ4v) is 3.22. The largest absolute Gasteiger partial charge is 0.387 e. The lowest BCUT2D eigenvalue weighted by Gasteiger charge is -2.23. The summed E-state index contributed by atoms with van der Waals surface area (Å²) in [4.78, 5) is 7.04. The molecule has 17 heavy (non-hydrogen) atoms. The first kappa shape index (κ1) is 12.9. The smallest absolute Gasteiger partial charge is 0.0968 e. The molecule has 0 heterocycles. The molecule has 3 nitrogen and oxygen atoms in total. The molecular formula is C14H27N3. The first-order valence-electron chi connectivity index (χ1n) is 7.27. The maximum atomic E-state index is 6.05. The van der Waals surface area contributed by atoms with Gasteiger partial charge in [-0.1, -0.05) is 25.7 Å². The van der Waals surface area contributed by atoms with Gasteiger partial charge < -0.3 is 10.6 Å². The third-order valence-corrected chi connectivity index (χ3v) is 4.47. The minimum atomic E-state index is 0.590. The van der Waals surface area contributed by atoms with Crippen LogP contribution in [0, 0.1) is 5.92 Å². The summed E-state index contributed by atoms with van der Waals surface area (Å²) in [7, 11) is 2.23. The van der Waals surface area contributed by atoms with Gasteiger partial charge in [0.05, 0.1) is 12.4 Å². The average Bonchev–Trinajstić information content (AvgIpc) is 3.02. The van der Waals surface area contributed by atoms with Gasteiger partial charge in [-0.05, 0) is 32.7 Å². The van der Waals surface area contributed by atoms with E-state index in [4.69, 9.17) is 5.73 Å². The summed E-state index contributed by atoms with van der Waals surface area (Å²) in [5.41, 5.74) is 6.05. The zero-order valence-electron chi connectivity index (χ0n) is 11.2. The number of nitrogens with zero attached hydrogens (tertiary/aromatic N) is 2. The third kappa shape index (κ3) is 3.70. The van der Waals surface area contributed by atoms with Crippen molar-refractivity contribution >= 4 is 5.84 Å². The quantitative estimate of drug-likeness (QED) is 0.589. The highest BCUT2D eigenvalue weighted by Crippen LogP contribution is 2.25. The Bertz CT molecular complexity index is 250. The third-order valence-electron chi connectivity index (χ3n) is 4.47. The van der Waals surface area contributed by atoms with Gasteiger partial charge in [-0.25, -0.2) is 0 Å². The maximum absolute atomic E-state index is 6.05. The molecule has 0 unspecified atom stereocenters. The zero-order chi connectivity index (χ0) is 12.1. The number of aliphatic imine (C=N–C) groups is 1. The zero-order valence-corrected chi connectivity index (χ0v) is 11.2. The highest BCUT2D eigenvalue weighted by molar-refractivity contribution is 5.83. The minimum Gasteiger partial charge on any atom is -0.387 e. The molecule has 2 aliphatic carbocycles. The second-order valence-corrected chi connectivity index (χ2v) is 5.71. The van der Waals surface area contributed by atoms with Crippen LogP contribution in [0.15, 0.2) is 4.99 Å². The molecule has 0 amide bonds. The molecule has 2 aliphatic rings. The summed E-state index contributed by atoms with van der Waals surface area (Å²) in [5.74, 6) is 1.51. The van der Waals surface area contributed by atoms with Crippen LogP contribution < -0.4 is 5.73 Å². The van der Waals surface area contributed by atoms with Crippen molar-refractivity contribution in [2.45, 2.75) is 57.4 Å². The van der Waals surface area contributed by atoms with Gasteiger partial charge >= 0.3 is 0 Å². The number of nitrogens with two attached hydrogens (primary N) is 1. The van der Waals surface area contributed by atoms with Crippen molar-refractivity contribution in [1.29, 1.82) is 0 Å². The van der Waals surface area contributed by atoms with Crippen molar-refractivity contribution in [2.75, 3.05) is 20.1 Å². The Morgan fingerprint density at radius 3 is 2.35 bits per heavy atom. The van der Waals surface area contributed by atoms with Crippen molar-refractivity contribution in [2.24, 2.45) is 16.6 Å². The monoisotopic (exact) mass is 237 g/mol. The molecule has 3 heteroatoms. The van der Waals surface area contributed by atoms with E-state index in [-0.39, 0.29) is 0 Å². The van der Waals surface area contributed by atoms with Crippen LogP contribution >= 0.6 is 0 Å². The second kappa shape index (κ2) is 6.39. The Labute approximate surface area is 105 Å². The highest BCUT2D eigenvalue weighted by atomic mass is 15.1. The van der Waals surface area contributed by atoms with Crippen LogP contribution in [0.3, 0.4) is 0 Å². The average molecular weight is 237 g/mol. The Morgan fingerprint density at radius 2 is 1.71 bits per heavy atom. The summed E-state index contributed by atoms with van der Waals surface area (Å²) < 4.78 is 0. The van der Waals surface area contributed by atoms with E-state index in [1.54, 1.807) is 0 Å².